The van der Waals surface area contributed by atoms with Gasteiger partial charge in [-0.05, 0) is 18.2 Å². The van der Waals surface area contributed by atoms with Crippen LogP contribution in [0.1, 0.15) is 17.2 Å². The van der Waals surface area contributed by atoms with Gasteiger partial charge in [-0.15, -0.1) is 0 Å². The highest BCUT2D eigenvalue weighted by Crippen LogP contribution is 2.23. The lowest BCUT2D eigenvalue weighted by Crippen LogP contribution is -2.11. The molecule has 0 amide bonds. The second-order valence-corrected chi connectivity index (χ2v) is 3.89. The van der Waals surface area contributed by atoms with Gasteiger partial charge in [-0.3, -0.25) is 0 Å². The van der Waals surface area contributed by atoms with Crippen molar-refractivity contribution in [1.29, 1.82) is 10.5 Å². The van der Waals surface area contributed by atoms with Crippen LogP contribution in [0.15, 0.2) is 48.5 Å². The van der Waals surface area contributed by atoms with Crippen molar-refractivity contribution in [1.82, 2.24) is 0 Å². The fraction of sp³-hybridized carbons (Fsp3) is 0.0667. The van der Waals surface area contributed by atoms with Crippen molar-refractivity contribution in [3.63, 3.8) is 0 Å². The standard InChI is InChI=1S/C15H10FN3/c16-13-7-3-4-8-14(13)19-15(10-18)12-6-2-1-5-11(12)9-17/h1-8,15,19H. The van der Waals surface area contributed by atoms with Crippen LogP contribution in [0.2, 0.25) is 0 Å². The lowest BCUT2D eigenvalue weighted by molar-refractivity contribution is 0.629. The molecule has 1 N–H and O–H groups in total. The molecule has 1 unspecified atom stereocenters. The molecule has 0 bridgehead atoms. The molecule has 2 aromatic rings. The molecule has 0 radical (unpaired) electrons. The number of nitriles is 2. The Hall–Kier alpha value is -2.85. The summed E-state index contributed by atoms with van der Waals surface area (Å²) in [4.78, 5) is 0. The van der Waals surface area contributed by atoms with E-state index in [2.05, 4.69) is 5.32 Å². The summed E-state index contributed by atoms with van der Waals surface area (Å²) in [7, 11) is 0. The van der Waals surface area contributed by atoms with Gasteiger partial charge in [0, 0.05) is 5.56 Å². The second kappa shape index (κ2) is 5.66. The minimum absolute atomic E-state index is 0.238. The van der Waals surface area contributed by atoms with Crippen LogP contribution < -0.4 is 5.32 Å². The third kappa shape index (κ3) is 2.70. The number of halogens is 1. The summed E-state index contributed by atoms with van der Waals surface area (Å²) < 4.78 is 13.5. The number of para-hydroxylation sites is 1. The van der Waals surface area contributed by atoms with Gasteiger partial charge >= 0.3 is 0 Å². The Kier molecular flexibility index (Phi) is 3.75. The molecular formula is C15H10FN3. The number of benzene rings is 2. The molecule has 19 heavy (non-hydrogen) atoms. The molecule has 4 heteroatoms. The van der Waals surface area contributed by atoms with E-state index in [0.717, 1.165) is 0 Å². The monoisotopic (exact) mass is 251 g/mol. The Morgan fingerprint density at radius 3 is 2.37 bits per heavy atom. The Labute approximate surface area is 110 Å². The van der Waals surface area contributed by atoms with E-state index in [9.17, 15) is 9.65 Å². The fourth-order valence-corrected chi connectivity index (χ4v) is 1.76. The summed E-state index contributed by atoms with van der Waals surface area (Å²) in [6.45, 7) is 0. The van der Waals surface area contributed by atoms with Crippen molar-refractivity contribution in [2.45, 2.75) is 6.04 Å². The summed E-state index contributed by atoms with van der Waals surface area (Å²) >= 11 is 0. The largest absolute Gasteiger partial charge is 0.364 e. The molecule has 92 valence electrons. The number of rotatable bonds is 3. The second-order valence-electron chi connectivity index (χ2n) is 3.89. The molecule has 3 nitrogen and oxygen atoms in total. The van der Waals surface area contributed by atoms with Crippen molar-refractivity contribution >= 4 is 5.69 Å². The zero-order chi connectivity index (χ0) is 13.7. The lowest BCUT2D eigenvalue weighted by atomic mass is 10.0. The first-order valence-electron chi connectivity index (χ1n) is 5.66. The molecule has 1 atom stereocenters. The first-order valence-corrected chi connectivity index (χ1v) is 5.66. The highest BCUT2D eigenvalue weighted by Gasteiger charge is 2.15. The number of hydrogen-bond donors (Lipinski definition) is 1. The number of anilines is 1. The average molecular weight is 251 g/mol. The molecule has 0 heterocycles. The zero-order valence-corrected chi connectivity index (χ0v) is 9.97. The Balaban J connectivity index is 2.35. The first-order chi connectivity index (χ1) is 9.26. The van der Waals surface area contributed by atoms with Crippen molar-refractivity contribution in [3.8, 4) is 12.1 Å². The predicted molar refractivity (Wildman–Crippen MR) is 69.5 cm³/mol. The molecule has 0 aromatic heterocycles. The zero-order valence-electron chi connectivity index (χ0n) is 9.97. The Morgan fingerprint density at radius 2 is 1.68 bits per heavy atom. The molecule has 0 fully saturated rings. The fourth-order valence-electron chi connectivity index (χ4n) is 1.76. The van der Waals surface area contributed by atoms with Crippen LogP contribution in [0, 0.1) is 28.5 Å². The van der Waals surface area contributed by atoms with Crippen LogP contribution in [0.5, 0.6) is 0 Å². The molecule has 0 saturated carbocycles. The van der Waals surface area contributed by atoms with E-state index in [1.807, 2.05) is 12.1 Å². The van der Waals surface area contributed by atoms with E-state index in [4.69, 9.17) is 5.26 Å². The maximum Gasteiger partial charge on any atom is 0.146 e. The Bertz CT molecular complexity index is 668. The minimum atomic E-state index is -0.771. The quantitative estimate of drug-likeness (QED) is 0.909. The summed E-state index contributed by atoms with van der Waals surface area (Å²) in [5.41, 5.74) is 1.18. The molecule has 0 aliphatic heterocycles. The van der Waals surface area contributed by atoms with Gasteiger partial charge in [0.25, 0.3) is 0 Å². The maximum absolute atomic E-state index is 13.5. The number of nitrogens with zero attached hydrogens (tertiary/aromatic N) is 2. The van der Waals surface area contributed by atoms with Gasteiger partial charge in [0.05, 0.1) is 23.4 Å². The molecular weight excluding hydrogens is 241 g/mol. The van der Waals surface area contributed by atoms with E-state index in [1.54, 1.807) is 42.5 Å². The molecule has 0 aliphatic rings. The molecule has 0 aliphatic carbocycles. The summed E-state index contributed by atoms with van der Waals surface area (Å²) in [5.74, 6) is -0.433. The molecule has 2 rings (SSSR count). The smallest absolute Gasteiger partial charge is 0.146 e. The summed E-state index contributed by atoms with van der Waals surface area (Å²) in [5, 5.41) is 21.0. The SMILES string of the molecule is N#Cc1ccccc1C(C#N)Nc1ccccc1F. The van der Waals surface area contributed by atoms with Gasteiger partial charge in [-0.2, -0.15) is 10.5 Å². The third-order valence-corrected chi connectivity index (χ3v) is 2.70. The van der Waals surface area contributed by atoms with Gasteiger partial charge < -0.3 is 5.32 Å². The van der Waals surface area contributed by atoms with Crippen LogP contribution >= 0.6 is 0 Å². The van der Waals surface area contributed by atoms with E-state index < -0.39 is 11.9 Å². The van der Waals surface area contributed by atoms with Crippen molar-refractivity contribution in [2.75, 3.05) is 5.32 Å². The van der Waals surface area contributed by atoms with Gasteiger partial charge in [0.1, 0.15) is 11.9 Å². The van der Waals surface area contributed by atoms with Crippen LogP contribution in [-0.2, 0) is 0 Å². The summed E-state index contributed by atoms with van der Waals surface area (Å²) in [6, 6.07) is 16.2. The van der Waals surface area contributed by atoms with Crippen molar-refractivity contribution in [2.24, 2.45) is 0 Å². The van der Waals surface area contributed by atoms with Crippen molar-refractivity contribution < 1.29 is 4.39 Å². The molecule has 2 aromatic carbocycles. The highest BCUT2D eigenvalue weighted by molar-refractivity contribution is 5.51. The highest BCUT2D eigenvalue weighted by atomic mass is 19.1. The Morgan fingerprint density at radius 1 is 1.00 bits per heavy atom. The van der Waals surface area contributed by atoms with Crippen LogP contribution in [0.3, 0.4) is 0 Å². The topological polar surface area (TPSA) is 59.6 Å². The molecule has 0 spiro atoms. The first kappa shape index (κ1) is 12.6. The van der Waals surface area contributed by atoms with E-state index in [1.165, 1.54) is 6.07 Å². The lowest BCUT2D eigenvalue weighted by Gasteiger charge is -2.14. The van der Waals surface area contributed by atoms with Gasteiger partial charge in [-0.1, -0.05) is 30.3 Å². The van der Waals surface area contributed by atoms with Gasteiger partial charge in [-0.25, -0.2) is 4.39 Å². The third-order valence-electron chi connectivity index (χ3n) is 2.70. The van der Waals surface area contributed by atoms with Crippen LogP contribution in [-0.4, -0.2) is 0 Å². The van der Waals surface area contributed by atoms with Gasteiger partial charge in [0.2, 0.25) is 0 Å². The normalized spacial score (nSPS) is 11.1. The minimum Gasteiger partial charge on any atom is -0.364 e. The molecule has 0 saturated heterocycles. The van der Waals surface area contributed by atoms with E-state index in [-0.39, 0.29) is 5.69 Å². The van der Waals surface area contributed by atoms with Crippen LogP contribution in [0.25, 0.3) is 0 Å². The van der Waals surface area contributed by atoms with Crippen molar-refractivity contribution in [3.05, 3.63) is 65.5 Å². The number of hydrogen-bond acceptors (Lipinski definition) is 3. The van der Waals surface area contributed by atoms with E-state index in [0.29, 0.717) is 11.1 Å². The van der Waals surface area contributed by atoms with Crippen LogP contribution in [0.4, 0.5) is 10.1 Å². The predicted octanol–water partition coefficient (Wildman–Crippen LogP) is 3.37. The maximum atomic E-state index is 13.5. The number of nitrogens with one attached hydrogen (secondary N) is 1. The average Bonchev–Trinajstić information content (AvgIpc) is 2.46. The van der Waals surface area contributed by atoms with E-state index >= 15 is 0 Å². The summed E-state index contributed by atoms with van der Waals surface area (Å²) in [6.07, 6.45) is 0. The van der Waals surface area contributed by atoms with Gasteiger partial charge in [0.15, 0.2) is 0 Å².